The Labute approximate surface area is 124 Å². The summed E-state index contributed by atoms with van der Waals surface area (Å²) < 4.78 is 5.06. The first kappa shape index (κ1) is 15.5. The minimum atomic E-state index is -0.650. The summed E-state index contributed by atoms with van der Waals surface area (Å²) in [4.78, 5) is 10.8. The lowest BCUT2D eigenvalue weighted by Gasteiger charge is -2.46. The summed E-state index contributed by atoms with van der Waals surface area (Å²) in [5.74, 6) is 1.69. The van der Waals surface area contributed by atoms with Crippen LogP contribution in [0.3, 0.4) is 0 Å². The normalized spacial score (nSPS) is 30.6. The number of halogens is 1. The molecule has 0 bridgehead atoms. The van der Waals surface area contributed by atoms with E-state index in [1.54, 1.807) is 13.2 Å². The van der Waals surface area contributed by atoms with Crippen molar-refractivity contribution in [1.29, 1.82) is 0 Å². The number of piperidine rings is 1. The molecule has 0 saturated carbocycles. The van der Waals surface area contributed by atoms with Crippen LogP contribution in [0.25, 0.3) is 0 Å². The highest BCUT2D eigenvalue weighted by molar-refractivity contribution is 6.29. The highest BCUT2D eigenvalue weighted by Crippen LogP contribution is 2.34. The molecule has 0 spiro atoms. The second kappa shape index (κ2) is 5.84. The van der Waals surface area contributed by atoms with Gasteiger partial charge in [0.2, 0.25) is 0 Å². The lowest BCUT2D eigenvalue weighted by atomic mass is 9.76. The van der Waals surface area contributed by atoms with Crippen LogP contribution in [0.4, 0.5) is 5.82 Å². The van der Waals surface area contributed by atoms with E-state index in [4.69, 9.17) is 16.3 Å². The molecule has 1 aromatic rings. The third-order valence-electron chi connectivity index (χ3n) is 4.31. The first-order valence-corrected chi connectivity index (χ1v) is 7.22. The summed E-state index contributed by atoms with van der Waals surface area (Å²) in [5, 5.41) is 10.9. The number of ether oxygens (including phenoxy) is 1. The van der Waals surface area contributed by atoms with Gasteiger partial charge >= 0.3 is 0 Å². The maximum atomic E-state index is 10.5. The molecule has 0 aliphatic carbocycles. The second-order valence-electron chi connectivity index (χ2n) is 5.83. The Balaban J connectivity index is 2.24. The van der Waals surface area contributed by atoms with Crippen LogP contribution in [0.5, 0.6) is 0 Å². The number of aromatic nitrogens is 2. The van der Waals surface area contributed by atoms with Crippen LogP contribution in [0, 0.1) is 11.8 Å². The molecule has 2 heterocycles. The molecule has 1 saturated heterocycles. The smallest absolute Gasteiger partial charge is 0.158 e. The van der Waals surface area contributed by atoms with Gasteiger partial charge in [0.1, 0.15) is 17.6 Å². The number of hydrogen-bond donors (Lipinski definition) is 1. The average Bonchev–Trinajstić information content (AvgIpc) is 2.35. The summed E-state index contributed by atoms with van der Waals surface area (Å²) in [6.07, 6.45) is 0. The van der Waals surface area contributed by atoms with Gasteiger partial charge < -0.3 is 14.7 Å². The Morgan fingerprint density at radius 3 is 2.55 bits per heavy atom. The van der Waals surface area contributed by atoms with Gasteiger partial charge in [0.25, 0.3) is 0 Å². The molecule has 5 nitrogen and oxygen atoms in total. The molecule has 1 aromatic heterocycles. The van der Waals surface area contributed by atoms with Crippen molar-refractivity contribution in [2.24, 2.45) is 11.8 Å². The van der Waals surface area contributed by atoms with E-state index in [-0.39, 0.29) is 11.8 Å². The Bertz CT molecular complexity index is 467. The fourth-order valence-electron chi connectivity index (χ4n) is 2.59. The zero-order valence-electron chi connectivity index (χ0n) is 12.4. The van der Waals surface area contributed by atoms with Crippen molar-refractivity contribution in [3.05, 3.63) is 17.0 Å². The topological polar surface area (TPSA) is 58.5 Å². The Hall–Kier alpha value is -0.910. The number of rotatable bonds is 3. The predicted octanol–water partition coefficient (Wildman–Crippen LogP) is 2.12. The Morgan fingerprint density at radius 2 is 2.00 bits per heavy atom. The number of anilines is 1. The number of hydrogen-bond acceptors (Lipinski definition) is 5. The number of nitrogens with zero attached hydrogens (tertiary/aromatic N) is 3. The van der Waals surface area contributed by atoms with Gasteiger partial charge in [-0.15, -0.1) is 0 Å². The second-order valence-corrected chi connectivity index (χ2v) is 6.22. The van der Waals surface area contributed by atoms with Crippen LogP contribution in [0.15, 0.2) is 6.07 Å². The van der Waals surface area contributed by atoms with Gasteiger partial charge in [-0.2, -0.15) is 0 Å². The molecule has 0 amide bonds. The molecule has 6 heteroatoms. The van der Waals surface area contributed by atoms with E-state index >= 15 is 0 Å². The molecule has 20 heavy (non-hydrogen) atoms. The summed E-state index contributed by atoms with van der Waals surface area (Å²) in [7, 11) is 1.60. The van der Waals surface area contributed by atoms with Gasteiger partial charge in [0, 0.05) is 38.1 Å². The van der Waals surface area contributed by atoms with Crippen molar-refractivity contribution in [2.45, 2.75) is 33.0 Å². The van der Waals surface area contributed by atoms with Crippen LogP contribution < -0.4 is 4.90 Å². The molecule has 2 unspecified atom stereocenters. The predicted molar refractivity (Wildman–Crippen MR) is 78.9 cm³/mol. The molecule has 0 radical (unpaired) electrons. The number of aliphatic hydroxyl groups is 1. The van der Waals surface area contributed by atoms with Crippen molar-refractivity contribution in [3.8, 4) is 0 Å². The van der Waals surface area contributed by atoms with Crippen molar-refractivity contribution >= 4 is 17.4 Å². The van der Waals surface area contributed by atoms with Crippen molar-refractivity contribution in [1.82, 2.24) is 9.97 Å². The zero-order valence-corrected chi connectivity index (χ0v) is 13.2. The van der Waals surface area contributed by atoms with Crippen molar-refractivity contribution in [2.75, 3.05) is 25.1 Å². The molecule has 1 N–H and O–H groups in total. The number of methoxy groups -OCH3 is 1. The third kappa shape index (κ3) is 3.05. The zero-order chi connectivity index (χ0) is 14.9. The van der Waals surface area contributed by atoms with E-state index in [0.717, 1.165) is 18.9 Å². The minimum absolute atomic E-state index is 0.158. The van der Waals surface area contributed by atoms with Crippen LogP contribution >= 0.6 is 11.6 Å². The fourth-order valence-corrected chi connectivity index (χ4v) is 2.78. The van der Waals surface area contributed by atoms with Gasteiger partial charge in [-0.1, -0.05) is 25.4 Å². The quantitative estimate of drug-likeness (QED) is 0.866. The fraction of sp³-hybridized carbons (Fsp3) is 0.714. The van der Waals surface area contributed by atoms with Crippen molar-refractivity contribution < 1.29 is 9.84 Å². The van der Waals surface area contributed by atoms with Gasteiger partial charge in [0.05, 0.1) is 5.60 Å². The molecule has 2 rings (SSSR count). The van der Waals surface area contributed by atoms with E-state index in [9.17, 15) is 5.11 Å². The van der Waals surface area contributed by atoms with Gasteiger partial charge in [0.15, 0.2) is 5.82 Å². The molecule has 2 atom stereocenters. The standard InChI is InChI=1S/C14H22ClN3O2/c1-9-6-18(7-10(2)14(9,3)19)13-5-11(15)16-12(17-13)8-20-4/h5,9-10,19H,6-8H2,1-4H3. The summed E-state index contributed by atoms with van der Waals surface area (Å²) in [5.41, 5.74) is -0.650. The van der Waals surface area contributed by atoms with E-state index in [1.807, 2.05) is 6.92 Å². The summed E-state index contributed by atoms with van der Waals surface area (Å²) in [6, 6.07) is 1.76. The van der Waals surface area contributed by atoms with Crippen LogP contribution in [-0.2, 0) is 11.3 Å². The minimum Gasteiger partial charge on any atom is -0.389 e. The van der Waals surface area contributed by atoms with Crippen molar-refractivity contribution in [3.63, 3.8) is 0 Å². The third-order valence-corrected chi connectivity index (χ3v) is 4.50. The first-order chi connectivity index (χ1) is 9.34. The Kier molecular flexibility index (Phi) is 4.52. The lowest BCUT2D eigenvalue weighted by molar-refractivity contribution is -0.0504. The molecule has 1 aliphatic rings. The largest absolute Gasteiger partial charge is 0.389 e. The highest BCUT2D eigenvalue weighted by Gasteiger charge is 2.40. The van der Waals surface area contributed by atoms with Crippen LogP contribution in [0.1, 0.15) is 26.6 Å². The molecule has 1 aliphatic heterocycles. The molecular formula is C14H22ClN3O2. The summed E-state index contributed by atoms with van der Waals surface area (Å²) in [6.45, 7) is 7.85. The van der Waals surface area contributed by atoms with Gasteiger partial charge in [-0.05, 0) is 6.92 Å². The first-order valence-electron chi connectivity index (χ1n) is 6.84. The maximum absolute atomic E-state index is 10.5. The lowest BCUT2D eigenvalue weighted by Crippen LogP contribution is -2.55. The van der Waals surface area contributed by atoms with E-state index in [1.165, 1.54) is 0 Å². The molecule has 1 fully saturated rings. The van der Waals surface area contributed by atoms with Crippen LogP contribution in [0.2, 0.25) is 5.15 Å². The summed E-state index contributed by atoms with van der Waals surface area (Å²) >= 11 is 6.05. The Morgan fingerprint density at radius 1 is 1.40 bits per heavy atom. The average molecular weight is 300 g/mol. The molecule has 112 valence electrons. The van der Waals surface area contributed by atoms with Gasteiger partial charge in [-0.25, -0.2) is 9.97 Å². The van der Waals surface area contributed by atoms with E-state index in [2.05, 4.69) is 28.7 Å². The SMILES string of the molecule is COCc1nc(Cl)cc(N2CC(C)C(C)(O)C(C)C2)n1. The van der Waals surface area contributed by atoms with Crippen LogP contribution in [-0.4, -0.2) is 40.9 Å². The monoisotopic (exact) mass is 299 g/mol. The maximum Gasteiger partial charge on any atom is 0.158 e. The van der Waals surface area contributed by atoms with Gasteiger partial charge in [-0.3, -0.25) is 0 Å². The molecular weight excluding hydrogens is 278 g/mol. The molecule has 0 aromatic carbocycles. The van der Waals surface area contributed by atoms with E-state index < -0.39 is 5.60 Å². The highest BCUT2D eigenvalue weighted by atomic mass is 35.5. The van der Waals surface area contributed by atoms with E-state index in [0.29, 0.717) is 17.6 Å².